The van der Waals surface area contributed by atoms with Gasteiger partial charge in [-0.2, -0.15) is 0 Å². The summed E-state index contributed by atoms with van der Waals surface area (Å²) in [5.41, 5.74) is 1.44. The number of allylic oxidation sites excluding steroid dienone is 6. The molecule has 2 rings (SSSR count). The fourth-order valence-electron chi connectivity index (χ4n) is 0.843. The summed E-state index contributed by atoms with van der Waals surface area (Å²) in [6.45, 7) is 0. The van der Waals surface area contributed by atoms with E-state index in [0.29, 0.717) is 15.0 Å². The van der Waals surface area contributed by atoms with E-state index in [1.54, 1.807) is 0 Å². The number of hydrogen-bond acceptors (Lipinski definition) is 0. The molecule has 0 atom stereocenters. The third-order valence-electron chi connectivity index (χ3n) is 1.25. The summed E-state index contributed by atoms with van der Waals surface area (Å²) in [5.74, 6) is 0. The summed E-state index contributed by atoms with van der Waals surface area (Å²) >= 11 is 0.652. The fourth-order valence-corrected chi connectivity index (χ4v) is 2.50. The number of rotatable bonds is 0. The van der Waals surface area contributed by atoms with Crippen molar-refractivity contribution in [1.29, 1.82) is 0 Å². The van der Waals surface area contributed by atoms with Crippen LogP contribution in [0.1, 0.15) is 0 Å². The van der Waals surface area contributed by atoms with Gasteiger partial charge in [-0.15, -0.1) is 0 Å². The Balaban J connectivity index is 2.49. The van der Waals surface area contributed by atoms with Gasteiger partial charge in [-0.1, -0.05) is 0 Å². The molecule has 2 aliphatic rings. The molecule has 0 amide bonds. The molecule has 8 heavy (non-hydrogen) atoms. The number of fused-ring (bicyclic) bond motifs is 1. The second-order valence-corrected chi connectivity index (χ2v) is 3.75. The summed E-state index contributed by atoms with van der Waals surface area (Å²) in [6, 6.07) is 0. The van der Waals surface area contributed by atoms with E-state index in [1.807, 2.05) is 0 Å². The molecule has 0 aromatic carbocycles. The van der Waals surface area contributed by atoms with Crippen LogP contribution in [-0.4, -0.2) is 15.0 Å². The van der Waals surface area contributed by atoms with Crippen molar-refractivity contribution in [2.24, 2.45) is 0 Å². The minimum atomic E-state index is 0.652. The first-order valence-corrected chi connectivity index (χ1v) is 4.40. The maximum absolute atomic E-state index is 2.26. The van der Waals surface area contributed by atoms with E-state index < -0.39 is 0 Å². The van der Waals surface area contributed by atoms with Gasteiger partial charge in [0.2, 0.25) is 0 Å². The maximum atomic E-state index is 2.26. The van der Waals surface area contributed by atoms with Gasteiger partial charge in [-0.3, -0.25) is 0 Å². The van der Waals surface area contributed by atoms with E-state index in [1.165, 1.54) is 10.0 Å². The third-order valence-corrected chi connectivity index (χ3v) is 3.13. The Morgan fingerprint density at radius 3 is 3.12 bits per heavy atom. The van der Waals surface area contributed by atoms with Gasteiger partial charge in [0.05, 0.1) is 0 Å². The SMILES string of the molecule is [CH]1C=C2C=CC=C2[Se]1. The molecule has 1 heterocycles. The molecule has 0 nitrogen and oxygen atoms in total. The summed E-state index contributed by atoms with van der Waals surface area (Å²) in [4.78, 5) is 0. The third kappa shape index (κ3) is 0.520. The standard InChI is InChI=1S/C7H5Se/c1-2-6-4-5-8-7(6)3-1/h1-5H. The van der Waals surface area contributed by atoms with Crippen LogP contribution in [0.3, 0.4) is 0 Å². The molecule has 0 N–H and O–H groups in total. The molecule has 39 valence electrons. The minimum absolute atomic E-state index is 0.652. The normalized spacial score (nSPS) is 23.0. The Morgan fingerprint density at radius 2 is 2.25 bits per heavy atom. The molecular weight excluding hydrogens is 163 g/mol. The van der Waals surface area contributed by atoms with E-state index in [9.17, 15) is 0 Å². The van der Waals surface area contributed by atoms with E-state index in [2.05, 4.69) is 29.6 Å². The first kappa shape index (κ1) is 4.60. The fraction of sp³-hybridized carbons (Fsp3) is 0. The van der Waals surface area contributed by atoms with E-state index in [-0.39, 0.29) is 0 Å². The van der Waals surface area contributed by atoms with Gasteiger partial charge in [0.25, 0.3) is 0 Å². The van der Waals surface area contributed by atoms with Crippen molar-refractivity contribution in [3.8, 4) is 0 Å². The molecule has 0 saturated heterocycles. The Morgan fingerprint density at radius 1 is 1.25 bits per heavy atom. The first-order valence-electron chi connectivity index (χ1n) is 2.56. The molecular formula is C7H5Se. The molecule has 0 aromatic rings. The van der Waals surface area contributed by atoms with Crippen molar-refractivity contribution >= 4 is 15.0 Å². The summed E-state index contributed by atoms with van der Waals surface area (Å²) in [7, 11) is 0. The van der Waals surface area contributed by atoms with E-state index >= 15 is 0 Å². The second kappa shape index (κ2) is 1.61. The van der Waals surface area contributed by atoms with Crippen LogP contribution in [0.2, 0.25) is 0 Å². The Labute approximate surface area is 55.1 Å². The molecule has 1 aliphatic carbocycles. The van der Waals surface area contributed by atoms with Crippen LogP contribution in [0.15, 0.2) is 34.3 Å². The predicted molar refractivity (Wildman–Crippen MR) is 35.4 cm³/mol. The van der Waals surface area contributed by atoms with E-state index in [0.717, 1.165) is 0 Å². The zero-order valence-electron chi connectivity index (χ0n) is 4.29. The molecule has 1 aliphatic heterocycles. The molecule has 0 bridgehead atoms. The molecule has 0 aromatic heterocycles. The van der Waals surface area contributed by atoms with Gasteiger partial charge in [-0.25, -0.2) is 0 Å². The van der Waals surface area contributed by atoms with Crippen LogP contribution >= 0.6 is 0 Å². The van der Waals surface area contributed by atoms with Gasteiger partial charge in [0, 0.05) is 0 Å². The van der Waals surface area contributed by atoms with Crippen molar-refractivity contribution < 1.29 is 0 Å². The monoisotopic (exact) mass is 169 g/mol. The molecule has 1 radical (unpaired) electrons. The van der Waals surface area contributed by atoms with Crippen molar-refractivity contribution in [3.05, 3.63) is 39.7 Å². The molecule has 0 spiro atoms. The topological polar surface area (TPSA) is 0 Å². The van der Waals surface area contributed by atoms with Gasteiger partial charge in [0.1, 0.15) is 0 Å². The molecule has 0 saturated carbocycles. The van der Waals surface area contributed by atoms with Crippen LogP contribution in [0, 0.1) is 5.32 Å². The Kier molecular flexibility index (Phi) is 0.927. The van der Waals surface area contributed by atoms with Crippen LogP contribution in [0.4, 0.5) is 0 Å². The zero-order chi connectivity index (χ0) is 5.40. The van der Waals surface area contributed by atoms with Crippen LogP contribution < -0.4 is 0 Å². The molecule has 1 heteroatoms. The average Bonchev–Trinajstić information content (AvgIpc) is 2.15. The van der Waals surface area contributed by atoms with Gasteiger partial charge in [0.15, 0.2) is 0 Å². The average molecular weight is 168 g/mol. The zero-order valence-corrected chi connectivity index (χ0v) is 6.01. The van der Waals surface area contributed by atoms with Crippen molar-refractivity contribution in [1.82, 2.24) is 0 Å². The number of hydrogen-bond donors (Lipinski definition) is 0. The van der Waals surface area contributed by atoms with Gasteiger partial charge >= 0.3 is 54.6 Å². The van der Waals surface area contributed by atoms with Gasteiger partial charge in [-0.05, 0) is 0 Å². The Bertz CT molecular complexity index is 196. The van der Waals surface area contributed by atoms with Crippen LogP contribution in [-0.2, 0) is 0 Å². The predicted octanol–water partition coefficient (Wildman–Crippen LogP) is 1.25. The molecule has 0 unspecified atom stereocenters. The quantitative estimate of drug-likeness (QED) is 0.477. The van der Waals surface area contributed by atoms with Crippen molar-refractivity contribution in [2.45, 2.75) is 0 Å². The van der Waals surface area contributed by atoms with E-state index in [4.69, 9.17) is 0 Å². The van der Waals surface area contributed by atoms with Crippen LogP contribution in [0.5, 0.6) is 0 Å². The van der Waals surface area contributed by atoms with Crippen molar-refractivity contribution in [3.63, 3.8) is 0 Å². The van der Waals surface area contributed by atoms with Gasteiger partial charge < -0.3 is 0 Å². The second-order valence-electron chi connectivity index (χ2n) is 1.77. The van der Waals surface area contributed by atoms with Crippen LogP contribution in [0.25, 0.3) is 0 Å². The molecule has 0 fully saturated rings. The van der Waals surface area contributed by atoms with Crippen molar-refractivity contribution in [2.75, 3.05) is 0 Å². The summed E-state index contributed by atoms with van der Waals surface area (Å²) in [6.07, 6.45) is 8.70. The first-order chi connectivity index (χ1) is 3.97. The Hall–Kier alpha value is -0.261. The summed E-state index contributed by atoms with van der Waals surface area (Å²) in [5, 5.41) is 2.26. The summed E-state index contributed by atoms with van der Waals surface area (Å²) < 4.78 is 1.54.